The second-order valence-electron chi connectivity index (χ2n) is 6.48. The molecule has 0 saturated carbocycles. The Labute approximate surface area is 189 Å². The van der Waals surface area contributed by atoms with Gasteiger partial charge in [-0.05, 0) is 48.0 Å². The molecule has 0 saturated heterocycles. The number of ether oxygens (including phenoxy) is 3. The number of hydrogen-bond donors (Lipinski definition) is 0. The molecule has 7 heteroatoms. The minimum Gasteiger partial charge on any atom is -0.497 e. The van der Waals surface area contributed by atoms with E-state index in [1.807, 2.05) is 0 Å². The first-order chi connectivity index (χ1) is 14.9. The van der Waals surface area contributed by atoms with E-state index in [2.05, 4.69) is 0 Å². The fraction of sp³-hybridized carbons (Fsp3) is 0.125. The summed E-state index contributed by atoms with van der Waals surface area (Å²) in [5.74, 6) is 0.236. The number of allylic oxidation sites excluding steroid dienone is 1. The summed E-state index contributed by atoms with van der Waals surface area (Å²) >= 11 is 12.1. The van der Waals surface area contributed by atoms with Gasteiger partial charge in [-0.1, -0.05) is 41.4 Å². The van der Waals surface area contributed by atoms with Gasteiger partial charge >= 0.3 is 0 Å². The van der Waals surface area contributed by atoms with Crippen LogP contribution < -0.4 is 14.2 Å². The van der Waals surface area contributed by atoms with E-state index >= 15 is 0 Å². The lowest BCUT2D eigenvalue weighted by Crippen LogP contribution is -2.00. The first-order valence-corrected chi connectivity index (χ1v) is 9.97. The zero-order chi connectivity index (χ0) is 22.4. The normalized spacial score (nSPS) is 10.9. The molecule has 0 amide bonds. The van der Waals surface area contributed by atoms with E-state index < -0.39 is 11.6 Å². The predicted molar refractivity (Wildman–Crippen MR) is 120 cm³/mol. The molecule has 0 spiro atoms. The number of methoxy groups -OCH3 is 2. The van der Waals surface area contributed by atoms with E-state index in [1.54, 1.807) is 42.5 Å². The lowest BCUT2D eigenvalue weighted by atomic mass is 10.1. The van der Waals surface area contributed by atoms with Gasteiger partial charge in [0.1, 0.15) is 18.2 Å². The van der Waals surface area contributed by atoms with Crippen LogP contribution >= 0.6 is 23.2 Å². The average Bonchev–Trinajstić information content (AvgIpc) is 2.77. The van der Waals surface area contributed by atoms with Gasteiger partial charge in [-0.15, -0.1) is 0 Å². The van der Waals surface area contributed by atoms with E-state index in [1.165, 1.54) is 38.5 Å². The van der Waals surface area contributed by atoms with Crippen molar-refractivity contribution >= 4 is 35.1 Å². The Morgan fingerprint density at radius 3 is 2.45 bits per heavy atom. The first kappa shape index (κ1) is 22.7. The van der Waals surface area contributed by atoms with E-state index in [-0.39, 0.29) is 12.2 Å². The highest BCUT2D eigenvalue weighted by Gasteiger charge is 2.11. The van der Waals surface area contributed by atoms with Gasteiger partial charge in [0.05, 0.1) is 19.8 Å². The summed E-state index contributed by atoms with van der Waals surface area (Å²) in [4.78, 5) is 12.3. The summed E-state index contributed by atoms with van der Waals surface area (Å²) in [5, 5.41) is 1.06. The third-order valence-corrected chi connectivity index (χ3v) is 5.04. The number of ketones is 1. The molecule has 0 bridgehead atoms. The van der Waals surface area contributed by atoms with Crippen molar-refractivity contribution in [2.24, 2.45) is 0 Å². The number of carbonyl (C=O) groups is 1. The van der Waals surface area contributed by atoms with Crippen LogP contribution in [0.1, 0.15) is 21.5 Å². The van der Waals surface area contributed by atoms with E-state index in [4.69, 9.17) is 37.4 Å². The molecular weight excluding hydrogens is 442 g/mol. The largest absolute Gasteiger partial charge is 0.497 e. The lowest BCUT2D eigenvalue weighted by Gasteiger charge is -2.12. The van der Waals surface area contributed by atoms with E-state index in [0.29, 0.717) is 32.9 Å². The van der Waals surface area contributed by atoms with Crippen molar-refractivity contribution < 1.29 is 23.4 Å². The van der Waals surface area contributed by atoms with Crippen LogP contribution in [0, 0.1) is 5.82 Å². The van der Waals surface area contributed by atoms with E-state index in [9.17, 15) is 9.18 Å². The number of hydrogen-bond acceptors (Lipinski definition) is 4. The molecule has 0 N–H and O–H groups in total. The molecular formula is C24H19Cl2FO4. The molecule has 0 aromatic heterocycles. The maximum Gasteiger partial charge on any atom is 0.188 e. The van der Waals surface area contributed by atoms with Crippen molar-refractivity contribution in [1.82, 2.24) is 0 Å². The minimum atomic E-state index is -0.642. The third kappa shape index (κ3) is 5.78. The average molecular weight is 461 g/mol. The Morgan fingerprint density at radius 1 is 0.968 bits per heavy atom. The van der Waals surface area contributed by atoms with Crippen molar-refractivity contribution in [3.63, 3.8) is 0 Å². The van der Waals surface area contributed by atoms with Gasteiger partial charge in [-0.3, -0.25) is 4.79 Å². The number of carbonyl (C=O) groups excluding carboxylic acids is 1. The Hall–Kier alpha value is -3.02. The van der Waals surface area contributed by atoms with Crippen molar-refractivity contribution in [3.8, 4) is 17.2 Å². The molecule has 0 heterocycles. The molecule has 3 rings (SSSR count). The summed E-state index contributed by atoms with van der Waals surface area (Å²) in [6, 6.07) is 14.5. The quantitative estimate of drug-likeness (QED) is 0.279. The summed E-state index contributed by atoms with van der Waals surface area (Å²) in [7, 11) is 2.95. The lowest BCUT2D eigenvalue weighted by molar-refractivity contribution is 0.104. The van der Waals surface area contributed by atoms with Crippen LogP contribution in [0.4, 0.5) is 4.39 Å². The van der Waals surface area contributed by atoms with Crippen molar-refractivity contribution in [2.45, 2.75) is 6.61 Å². The van der Waals surface area contributed by atoms with Crippen LogP contribution in [-0.4, -0.2) is 20.0 Å². The standard InChI is InChI=1S/C24H19Cl2FO4/c1-29-18-7-8-19(21(27)13-18)22(28)9-3-15-4-10-23(24(11-15)30-2)31-14-16-5-6-17(25)12-20(16)26/h3-13H,14H2,1-2H3. The van der Waals surface area contributed by atoms with E-state index in [0.717, 1.165) is 5.56 Å². The molecule has 0 fully saturated rings. The van der Waals surface area contributed by atoms with Gasteiger partial charge in [0.25, 0.3) is 0 Å². The molecule has 0 aliphatic carbocycles. The molecule has 31 heavy (non-hydrogen) atoms. The van der Waals surface area contributed by atoms with Crippen LogP contribution in [0.5, 0.6) is 17.2 Å². The smallest absolute Gasteiger partial charge is 0.188 e. The van der Waals surface area contributed by atoms with Crippen molar-refractivity contribution in [1.29, 1.82) is 0 Å². The SMILES string of the molecule is COc1ccc(C(=O)C=Cc2ccc(OCc3ccc(Cl)cc3Cl)c(OC)c2)c(F)c1. The minimum absolute atomic E-state index is 0.0381. The molecule has 0 aliphatic rings. The summed E-state index contributed by atoms with van der Waals surface area (Å²) in [6.07, 6.45) is 2.88. The maximum absolute atomic E-state index is 14.1. The molecule has 0 atom stereocenters. The van der Waals surface area contributed by atoms with Gasteiger partial charge < -0.3 is 14.2 Å². The van der Waals surface area contributed by atoms with Crippen LogP contribution in [0.3, 0.4) is 0 Å². The molecule has 160 valence electrons. The number of halogens is 3. The maximum atomic E-state index is 14.1. The summed E-state index contributed by atoms with van der Waals surface area (Å²) < 4.78 is 30.2. The highest BCUT2D eigenvalue weighted by molar-refractivity contribution is 6.35. The summed E-state index contributed by atoms with van der Waals surface area (Å²) in [6.45, 7) is 0.233. The molecule has 3 aromatic carbocycles. The molecule has 0 unspecified atom stereocenters. The first-order valence-electron chi connectivity index (χ1n) is 9.22. The molecule has 4 nitrogen and oxygen atoms in total. The summed E-state index contributed by atoms with van der Waals surface area (Å²) in [5.41, 5.74) is 1.43. The second kappa shape index (κ2) is 10.3. The highest BCUT2D eigenvalue weighted by atomic mass is 35.5. The van der Waals surface area contributed by atoms with Crippen LogP contribution in [-0.2, 0) is 6.61 Å². The number of benzene rings is 3. The van der Waals surface area contributed by atoms with Gasteiger partial charge in [0.2, 0.25) is 0 Å². The Bertz CT molecular complexity index is 1130. The Balaban J connectivity index is 1.72. The van der Waals surface area contributed by atoms with Gasteiger partial charge in [-0.25, -0.2) is 4.39 Å². The Morgan fingerprint density at radius 2 is 1.77 bits per heavy atom. The molecule has 0 radical (unpaired) electrons. The highest BCUT2D eigenvalue weighted by Crippen LogP contribution is 2.30. The second-order valence-corrected chi connectivity index (χ2v) is 7.32. The molecule has 0 aliphatic heterocycles. The predicted octanol–water partition coefficient (Wildman–Crippen LogP) is 6.62. The van der Waals surface area contributed by atoms with Crippen LogP contribution in [0.2, 0.25) is 10.0 Å². The topological polar surface area (TPSA) is 44.8 Å². The zero-order valence-electron chi connectivity index (χ0n) is 16.8. The van der Waals surface area contributed by atoms with Crippen LogP contribution in [0.15, 0.2) is 60.7 Å². The van der Waals surface area contributed by atoms with Crippen LogP contribution in [0.25, 0.3) is 6.08 Å². The number of rotatable bonds is 8. The monoisotopic (exact) mass is 460 g/mol. The Kier molecular flexibility index (Phi) is 7.55. The molecule has 3 aromatic rings. The van der Waals surface area contributed by atoms with Gasteiger partial charge in [0.15, 0.2) is 17.3 Å². The van der Waals surface area contributed by atoms with Gasteiger partial charge in [-0.2, -0.15) is 0 Å². The zero-order valence-corrected chi connectivity index (χ0v) is 18.3. The van der Waals surface area contributed by atoms with Crippen molar-refractivity contribution in [2.75, 3.05) is 14.2 Å². The fourth-order valence-electron chi connectivity index (χ4n) is 2.79. The third-order valence-electron chi connectivity index (χ3n) is 4.45. The van der Waals surface area contributed by atoms with Gasteiger partial charge in [0, 0.05) is 21.7 Å². The van der Waals surface area contributed by atoms with Crippen molar-refractivity contribution in [3.05, 3.63) is 93.2 Å². The fourth-order valence-corrected chi connectivity index (χ4v) is 3.25.